The summed E-state index contributed by atoms with van der Waals surface area (Å²) in [6, 6.07) is 11.6. The van der Waals surface area contributed by atoms with Gasteiger partial charge in [0.2, 0.25) is 5.91 Å². The van der Waals surface area contributed by atoms with E-state index in [2.05, 4.69) is 39.3 Å². The van der Waals surface area contributed by atoms with E-state index in [0.29, 0.717) is 63.2 Å². The zero-order valence-electron chi connectivity index (χ0n) is 21.8. The van der Waals surface area contributed by atoms with E-state index in [4.69, 9.17) is 4.74 Å². The van der Waals surface area contributed by atoms with E-state index >= 15 is 0 Å². The Labute approximate surface area is 222 Å². The monoisotopic (exact) mass is 515 g/mol. The average molecular weight is 516 g/mol. The minimum atomic E-state index is -0.0382. The summed E-state index contributed by atoms with van der Waals surface area (Å²) >= 11 is 0. The van der Waals surface area contributed by atoms with Gasteiger partial charge in [0.05, 0.1) is 30.9 Å². The molecule has 0 spiro atoms. The van der Waals surface area contributed by atoms with Crippen molar-refractivity contribution in [1.82, 2.24) is 24.8 Å². The van der Waals surface area contributed by atoms with Crippen molar-refractivity contribution in [1.29, 1.82) is 0 Å². The number of carbonyl (C=O) groups excluding carboxylic acids is 2. The Balaban J connectivity index is 1.31. The normalized spacial score (nSPS) is 15.2. The summed E-state index contributed by atoms with van der Waals surface area (Å²) in [4.78, 5) is 38.0. The van der Waals surface area contributed by atoms with E-state index in [1.54, 1.807) is 29.4 Å². The third-order valence-electron chi connectivity index (χ3n) is 6.43. The van der Waals surface area contributed by atoms with Crippen molar-refractivity contribution >= 4 is 29.0 Å². The minimum Gasteiger partial charge on any atom is -0.378 e. The molecule has 0 bridgehead atoms. The number of ether oxygens (including phenoxy) is 1. The first-order valence-electron chi connectivity index (χ1n) is 12.9. The number of nitrogens with one attached hydrogen (secondary N) is 2. The molecule has 10 heteroatoms. The predicted octanol–water partition coefficient (Wildman–Crippen LogP) is 2.95. The second-order valence-electron chi connectivity index (χ2n) is 9.88. The van der Waals surface area contributed by atoms with Crippen molar-refractivity contribution in [2.45, 2.75) is 26.9 Å². The van der Waals surface area contributed by atoms with E-state index in [0.717, 1.165) is 22.8 Å². The van der Waals surface area contributed by atoms with Crippen LogP contribution in [0.5, 0.6) is 0 Å². The van der Waals surface area contributed by atoms with Crippen LogP contribution in [0.15, 0.2) is 61.2 Å². The number of pyridine rings is 1. The summed E-state index contributed by atoms with van der Waals surface area (Å²) in [5.74, 6) is 1.80. The highest BCUT2D eigenvalue weighted by Gasteiger charge is 2.21. The lowest BCUT2D eigenvalue weighted by molar-refractivity contribution is -0.120. The SMILES string of the molecule is CC(C)CNC(=O)Cc1cccc(N2C=C(Nc3ccc(C(=O)N4CCOCC4)cn3)c3nccn3C2)c1. The summed E-state index contributed by atoms with van der Waals surface area (Å²) in [5.41, 5.74) is 3.25. The molecule has 0 unspecified atom stereocenters. The zero-order chi connectivity index (χ0) is 26.5. The Morgan fingerprint density at radius 1 is 1.11 bits per heavy atom. The largest absolute Gasteiger partial charge is 0.378 e. The van der Waals surface area contributed by atoms with Crippen LogP contribution in [0.25, 0.3) is 5.70 Å². The number of benzene rings is 1. The van der Waals surface area contributed by atoms with Gasteiger partial charge in [0.15, 0.2) is 5.82 Å². The van der Waals surface area contributed by atoms with Gasteiger partial charge in [-0.05, 0) is 35.7 Å². The molecular formula is C28H33N7O3. The fraction of sp³-hybridized carbons (Fsp3) is 0.357. The maximum Gasteiger partial charge on any atom is 0.255 e. The molecule has 1 saturated heterocycles. The van der Waals surface area contributed by atoms with Crippen LogP contribution in [0.1, 0.15) is 35.6 Å². The molecule has 4 heterocycles. The first-order chi connectivity index (χ1) is 18.5. The minimum absolute atomic E-state index is 0.0194. The summed E-state index contributed by atoms with van der Waals surface area (Å²) in [6.07, 6.45) is 7.62. The maximum atomic E-state index is 12.7. The van der Waals surface area contributed by atoms with Crippen LogP contribution < -0.4 is 15.5 Å². The third kappa shape index (κ3) is 6.03. The van der Waals surface area contributed by atoms with E-state index in [9.17, 15) is 9.59 Å². The molecule has 0 radical (unpaired) electrons. The average Bonchev–Trinajstić information content (AvgIpc) is 3.42. The highest BCUT2D eigenvalue weighted by Crippen LogP contribution is 2.27. The lowest BCUT2D eigenvalue weighted by atomic mass is 10.1. The van der Waals surface area contributed by atoms with Crippen molar-refractivity contribution in [3.8, 4) is 0 Å². The highest BCUT2D eigenvalue weighted by molar-refractivity contribution is 5.94. The van der Waals surface area contributed by atoms with E-state index in [-0.39, 0.29) is 11.8 Å². The summed E-state index contributed by atoms with van der Waals surface area (Å²) in [6.45, 7) is 7.71. The van der Waals surface area contributed by atoms with Gasteiger partial charge >= 0.3 is 0 Å². The molecular weight excluding hydrogens is 482 g/mol. The number of amides is 2. The van der Waals surface area contributed by atoms with Crippen LogP contribution >= 0.6 is 0 Å². The molecule has 2 aliphatic heterocycles. The quantitative estimate of drug-likeness (QED) is 0.475. The van der Waals surface area contributed by atoms with Crippen LogP contribution in [0, 0.1) is 5.92 Å². The molecule has 5 rings (SSSR count). The van der Waals surface area contributed by atoms with Crippen LogP contribution in [-0.4, -0.2) is 64.1 Å². The number of nitrogens with zero attached hydrogens (tertiary/aromatic N) is 5. The summed E-state index contributed by atoms with van der Waals surface area (Å²) in [7, 11) is 0. The van der Waals surface area contributed by atoms with Crippen molar-refractivity contribution in [2.75, 3.05) is 43.1 Å². The van der Waals surface area contributed by atoms with E-state index in [1.165, 1.54) is 0 Å². The Kier molecular flexibility index (Phi) is 7.69. The van der Waals surface area contributed by atoms with Gasteiger partial charge in [-0.25, -0.2) is 9.97 Å². The van der Waals surface area contributed by atoms with Crippen LogP contribution in [0.4, 0.5) is 11.5 Å². The Morgan fingerprint density at radius 2 is 1.95 bits per heavy atom. The lowest BCUT2D eigenvalue weighted by Gasteiger charge is -2.29. The molecule has 198 valence electrons. The fourth-order valence-electron chi connectivity index (χ4n) is 4.42. The third-order valence-corrected chi connectivity index (χ3v) is 6.43. The molecule has 0 atom stereocenters. The van der Waals surface area contributed by atoms with Gasteiger partial charge in [-0.15, -0.1) is 0 Å². The van der Waals surface area contributed by atoms with Gasteiger partial charge in [0.1, 0.15) is 12.5 Å². The standard InChI is InChI=1S/C28H33N7O3/c1-20(2)16-31-26(36)15-21-4-3-5-23(14-21)35-18-24(27-29-8-9-34(27)19-35)32-25-7-6-22(17-30-25)28(37)33-10-12-38-13-11-33/h3-9,14,17-18,20H,10-13,15-16,19H2,1-2H3,(H,30,32)(H,31,36). The molecule has 2 aromatic heterocycles. The molecule has 0 aliphatic carbocycles. The molecule has 2 N–H and O–H groups in total. The second-order valence-corrected chi connectivity index (χ2v) is 9.88. The number of anilines is 2. The Bertz CT molecular complexity index is 1310. The van der Waals surface area contributed by atoms with Gasteiger partial charge in [-0.1, -0.05) is 26.0 Å². The van der Waals surface area contributed by atoms with Gasteiger partial charge < -0.3 is 29.7 Å². The number of aromatic nitrogens is 3. The van der Waals surface area contributed by atoms with Gasteiger partial charge in [-0.2, -0.15) is 0 Å². The molecule has 1 fully saturated rings. The predicted molar refractivity (Wildman–Crippen MR) is 145 cm³/mol. The van der Waals surface area contributed by atoms with Gasteiger partial charge in [0, 0.05) is 50.1 Å². The van der Waals surface area contributed by atoms with Crippen molar-refractivity contribution in [2.24, 2.45) is 5.92 Å². The summed E-state index contributed by atoms with van der Waals surface area (Å²) in [5, 5.41) is 6.34. The first-order valence-corrected chi connectivity index (χ1v) is 12.9. The smallest absolute Gasteiger partial charge is 0.255 e. The van der Waals surface area contributed by atoms with Gasteiger partial charge in [-0.3, -0.25) is 9.59 Å². The molecule has 10 nitrogen and oxygen atoms in total. The second kappa shape index (κ2) is 11.5. The Morgan fingerprint density at radius 3 is 2.71 bits per heavy atom. The molecule has 1 aromatic carbocycles. The number of hydrogen-bond donors (Lipinski definition) is 2. The lowest BCUT2D eigenvalue weighted by Crippen LogP contribution is -2.40. The van der Waals surface area contributed by atoms with Crippen molar-refractivity contribution in [3.05, 3.63) is 78.1 Å². The number of fused-ring (bicyclic) bond motifs is 1. The zero-order valence-corrected chi connectivity index (χ0v) is 21.8. The molecule has 2 amide bonds. The number of hydrogen-bond acceptors (Lipinski definition) is 7. The first kappa shape index (κ1) is 25.5. The van der Waals surface area contributed by atoms with Crippen LogP contribution in [0.2, 0.25) is 0 Å². The molecule has 0 saturated carbocycles. The number of carbonyl (C=O) groups is 2. The van der Waals surface area contributed by atoms with Crippen molar-refractivity contribution in [3.63, 3.8) is 0 Å². The number of morpholine rings is 1. The van der Waals surface area contributed by atoms with Crippen molar-refractivity contribution < 1.29 is 14.3 Å². The summed E-state index contributed by atoms with van der Waals surface area (Å²) < 4.78 is 7.38. The molecule has 3 aromatic rings. The van der Waals surface area contributed by atoms with E-state index in [1.807, 2.05) is 41.2 Å². The molecule has 38 heavy (non-hydrogen) atoms. The number of imidazole rings is 1. The van der Waals surface area contributed by atoms with E-state index < -0.39 is 0 Å². The number of rotatable bonds is 8. The van der Waals surface area contributed by atoms with Crippen LogP contribution in [0.3, 0.4) is 0 Å². The maximum absolute atomic E-state index is 12.7. The highest BCUT2D eigenvalue weighted by atomic mass is 16.5. The van der Waals surface area contributed by atoms with Gasteiger partial charge in [0.25, 0.3) is 5.91 Å². The van der Waals surface area contributed by atoms with Crippen LogP contribution in [-0.2, 0) is 22.6 Å². The Hall–Kier alpha value is -4.18. The molecule has 2 aliphatic rings. The topological polar surface area (TPSA) is 105 Å². The fourth-order valence-corrected chi connectivity index (χ4v) is 4.42.